The molecule has 20 heavy (non-hydrogen) atoms. The van der Waals surface area contributed by atoms with E-state index >= 15 is 0 Å². The van der Waals surface area contributed by atoms with E-state index in [0.29, 0.717) is 10.3 Å². The normalized spacial score (nSPS) is 12.8. The van der Waals surface area contributed by atoms with E-state index in [9.17, 15) is 18.3 Å². The molecule has 3 rings (SSSR count). The Hall–Kier alpha value is -1.85. The summed E-state index contributed by atoms with van der Waals surface area (Å²) in [6, 6.07) is 9.48. The molecule has 2 aromatic carbocycles. The zero-order chi connectivity index (χ0) is 14.3. The van der Waals surface area contributed by atoms with Gasteiger partial charge in [-0.05, 0) is 35.7 Å². The highest BCUT2D eigenvalue weighted by molar-refractivity contribution is 7.19. The summed E-state index contributed by atoms with van der Waals surface area (Å²) in [5, 5.41) is 10.8. The topological polar surface area (TPSA) is 20.2 Å². The van der Waals surface area contributed by atoms with Crippen LogP contribution in [0.25, 0.3) is 10.1 Å². The molecule has 1 N–H and O–H groups in total. The van der Waals surface area contributed by atoms with Crippen LogP contribution in [0.1, 0.15) is 16.5 Å². The van der Waals surface area contributed by atoms with Crippen LogP contribution >= 0.6 is 11.3 Å². The average molecular weight is 294 g/mol. The highest BCUT2D eigenvalue weighted by Crippen LogP contribution is 2.34. The lowest BCUT2D eigenvalue weighted by Crippen LogP contribution is -2.02. The third-order valence-electron chi connectivity index (χ3n) is 3.04. The molecule has 0 saturated carbocycles. The summed E-state index contributed by atoms with van der Waals surface area (Å²) in [6.45, 7) is 0. The molecule has 0 aliphatic carbocycles. The van der Waals surface area contributed by atoms with Crippen molar-refractivity contribution >= 4 is 21.4 Å². The highest BCUT2D eigenvalue weighted by atomic mass is 32.1. The summed E-state index contributed by atoms with van der Waals surface area (Å²) >= 11 is 1.22. The standard InChI is InChI=1S/C15H9F3OS/c16-9-4-5-12-8(6-9)7-13(20-12)15(19)10-2-1-3-11(17)14(10)18/h1-7,15,19H. The largest absolute Gasteiger partial charge is 0.383 e. The summed E-state index contributed by atoms with van der Waals surface area (Å²) in [6.07, 6.45) is -1.27. The molecular formula is C15H9F3OS. The molecule has 0 amide bonds. The molecule has 1 nitrogen and oxygen atoms in total. The van der Waals surface area contributed by atoms with Crippen molar-refractivity contribution in [1.82, 2.24) is 0 Å². The number of rotatable bonds is 2. The maximum absolute atomic E-state index is 13.7. The van der Waals surface area contributed by atoms with E-state index in [4.69, 9.17) is 0 Å². The van der Waals surface area contributed by atoms with Crippen molar-refractivity contribution < 1.29 is 18.3 Å². The Balaban J connectivity index is 2.08. The lowest BCUT2D eigenvalue weighted by molar-refractivity contribution is 0.217. The minimum absolute atomic E-state index is 0.128. The molecule has 0 fully saturated rings. The second-order valence-electron chi connectivity index (χ2n) is 4.38. The quantitative estimate of drug-likeness (QED) is 0.742. The number of hydrogen-bond acceptors (Lipinski definition) is 2. The van der Waals surface area contributed by atoms with E-state index in [2.05, 4.69) is 0 Å². The number of halogens is 3. The molecule has 102 valence electrons. The molecule has 0 aliphatic heterocycles. The predicted octanol–water partition coefficient (Wildman–Crippen LogP) is 4.40. The van der Waals surface area contributed by atoms with Gasteiger partial charge in [0.15, 0.2) is 11.6 Å². The van der Waals surface area contributed by atoms with Crippen molar-refractivity contribution in [1.29, 1.82) is 0 Å². The molecule has 5 heteroatoms. The molecule has 1 aromatic heterocycles. The minimum atomic E-state index is -1.27. The van der Waals surface area contributed by atoms with Crippen LogP contribution in [0.15, 0.2) is 42.5 Å². The second-order valence-corrected chi connectivity index (χ2v) is 5.49. The summed E-state index contributed by atoms with van der Waals surface area (Å²) in [4.78, 5) is 0.440. The van der Waals surface area contributed by atoms with Gasteiger partial charge in [0.2, 0.25) is 0 Å². The Kier molecular flexibility index (Phi) is 3.23. The van der Waals surface area contributed by atoms with E-state index in [1.54, 1.807) is 12.1 Å². The smallest absolute Gasteiger partial charge is 0.164 e. The summed E-state index contributed by atoms with van der Waals surface area (Å²) in [5.41, 5.74) is -0.128. The summed E-state index contributed by atoms with van der Waals surface area (Å²) in [5.74, 6) is -2.45. The van der Waals surface area contributed by atoms with Gasteiger partial charge in [-0.1, -0.05) is 12.1 Å². The molecule has 0 spiro atoms. The highest BCUT2D eigenvalue weighted by Gasteiger charge is 2.19. The molecule has 0 aliphatic rings. The number of aliphatic hydroxyl groups is 1. The Morgan fingerprint density at radius 1 is 1.00 bits per heavy atom. The monoisotopic (exact) mass is 294 g/mol. The first-order chi connectivity index (χ1) is 9.56. The van der Waals surface area contributed by atoms with Crippen molar-refractivity contribution in [2.24, 2.45) is 0 Å². The first kappa shape index (κ1) is 13.1. The first-order valence-corrected chi connectivity index (χ1v) is 6.69. The van der Waals surface area contributed by atoms with E-state index in [-0.39, 0.29) is 11.4 Å². The fourth-order valence-corrected chi connectivity index (χ4v) is 3.10. The molecule has 0 saturated heterocycles. The number of benzene rings is 2. The van der Waals surface area contributed by atoms with Gasteiger partial charge in [-0.3, -0.25) is 0 Å². The van der Waals surface area contributed by atoms with Crippen LogP contribution in [-0.4, -0.2) is 5.11 Å². The van der Waals surface area contributed by atoms with Crippen molar-refractivity contribution in [3.63, 3.8) is 0 Å². The second kappa shape index (κ2) is 4.92. The van der Waals surface area contributed by atoms with Gasteiger partial charge in [-0.25, -0.2) is 13.2 Å². The van der Waals surface area contributed by atoms with Gasteiger partial charge in [0.25, 0.3) is 0 Å². The van der Waals surface area contributed by atoms with Gasteiger partial charge in [0.05, 0.1) is 0 Å². The summed E-state index contributed by atoms with van der Waals surface area (Å²) in [7, 11) is 0. The molecule has 1 atom stereocenters. The van der Waals surface area contributed by atoms with E-state index < -0.39 is 17.7 Å². The maximum Gasteiger partial charge on any atom is 0.164 e. The van der Waals surface area contributed by atoms with E-state index in [0.717, 1.165) is 10.8 Å². The van der Waals surface area contributed by atoms with Gasteiger partial charge in [-0.15, -0.1) is 11.3 Å². The third-order valence-corrected chi connectivity index (χ3v) is 4.21. The minimum Gasteiger partial charge on any atom is -0.383 e. The van der Waals surface area contributed by atoms with Crippen molar-refractivity contribution in [3.8, 4) is 0 Å². The van der Waals surface area contributed by atoms with Gasteiger partial charge < -0.3 is 5.11 Å². The molecule has 0 radical (unpaired) electrons. The number of aliphatic hydroxyl groups excluding tert-OH is 1. The van der Waals surface area contributed by atoms with Crippen LogP contribution in [0.5, 0.6) is 0 Å². The van der Waals surface area contributed by atoms with Crippen LogP contribution < -0.4 is 0 Å². The van der Waals surface area contributed by atoms with Gasteiger partial charge >= 0.3 is 0 Å². The van der Waals surface area contributed by atoms with E-state index in [1.165, 1.54) is 35.6 Å². The number of fused-ring (bicyclic) bond motifs is 1. The van der Waals surface area contributed by atoms with Crippen LogP contribution in [0, 0.1) is 17.5 Å². The molecule has 3 aromatic rings. The number of hydrogen-bond donors (Lipinski definition) is 1. The maximum atomic E-state index is 13.7. The molecule has 1 unspecified atom stereocenters. The van der Waals surface area contributed by atoms with Gasteiger partial charge in [0, 0.05) is 15.1 Å². The Bertz CT molecular complexity index is 782. The molecular weight excluding hydrogens is 285 g/mol. The predicted molar refractivity (Wildman–Crippen MR) is 72.2 cm³/mol. The van der Waals surface area contributed by atoms with Gasteiger partial charge in [-0.2, -0.15) is 0 Å². The lowest BCUT2D eigenvalue weighted by atomic mass is 10.1. The zero-order valence-electron chi connectivity index (χ0n) is 10.1. The Labute approximate surface area is 116 Å². The Morgan fingerprint density at radius 3 is 2.60 bits per heavy atom. The third kappa shape index (κ3) is 2.19. The van der Waals surface area contributed by atoms with E-state index in [1.807, 2.05) is 0 Å². The SMILES string of the molecule is OC(c1cc2cc(F)ccc2s1)c1cccc(F)c1F. The van der Waals surface area contributed by atoms with Crippen molar-refractivity contribution in [2.45, 2.75) is 6.10 Å². The van der Waals surface area contributed by atoms with Crippen molar-refractivity contribution in [2.75, 3.05) is 0 Å². The summed E-state index contributed by atoms with van der Waals surface area (Å²) < 4.78 is 40.7. The lowest BCUT2D eigenvalue weighted by Gasteiger charge is -2.10. The van der Waals surface area contributed by atoms with Crippen LogP contribution in [0.4, 0.5) is 13.2 Å². The fourth-order valence-electron chi connectivity index (χ4n) is 2.05. The molecule has 0 bridgehead atoms. The van der Waals surface area contributed by atoms with Crippen LogP contribution in [0.2, 0.25) is 0 Å². The zero-order valence-corrected chi connectivity index (χ0v) is 10.9. The first-order valence-electron chi connectivity index (χ1n) is 5.87. The van der Waals surface area contributed by atoms with Crippen LogP contribution in [0.3, 0.4) is 0 Å². The Morgan fingerprint density at radius 2 is 1.80 bits per heavy atom. The fraction of sp³-hybridized carbons (Fsp3) is 0.0667. The van der Waals surface area contributed by atoms with Crippen molar-refractivity contribution in [3.05, 3.63) is 70.4 Å². The molecule has 1 heterocycles. The van der Waals surface area contributed by atoms with Gasteiger partial charge in [0.1, 0.15) is 11.9 Å². The average Bonchev–Trinajstić information content (AvgIpc) is 2.84. The van der Waals surface area contributed by atoms with Crippen LogP contribution in [-0.2, 0) is 0 Å². The number of thiophene rings is 1.